The smallest absolute Gasteiger partial charge is 0.157 e. The monoisotopic (exact) mass is 283 g/mol. The lowest BCUT2D eigenvalue weighted by atomic mass is 10.1. The van der Waals surface area contributed by atoms with E-state index in [-0.39, 0.29) is 11.8 Å². The third kappa shape index (κ3) is 5.04. The van der Waals surface area contributed by atoms with Gasteiger partial charge in [-0.3, -0.25) is 4.79 Å². The molecule has 0 bridgehead atoms. The summed E-state index contributed by atoms with van der Waals surface area (Å²) in [5, 5.41) is 3.40. The highest BCUT2D eigenvalue weighted by atomic mass is 16.3. The number of carbonyl (C=O) groups is 1. The van der Waals surface area contributed by atoms with Gasteiger partial charge in [-0.25, -0.2) is 0 Å². The van der Waals surface area contributed by atoms with Crippen molar-refractivity contribution in [3.63, 3.8) is 0 Å². The Balaban J connectivity index is 2.03. The Kier molecular flexibility index (Phi) is 5.52. The fourth-order valence-electron chi connectivity index (χ4n) is 2.18. The number of hydrogen-bond acceptors (Lipinski definition) is 3. The van der Waals surface area contributed by atoms with E-state index < -0.39 is 0 Å². The lowest BCUT2D eigenvalue weighted by Crippen LogP contribution is -2.22. The third-order valence-corrected chi connectivity index (χ3v) is 3.14. The van der Waals surface area contributed by atoms with E-state index in [1.54, 1.807) is 12.3 Å². The number of hydrogen-bond donors (Lipinski definition) is 1. The van der Waals surface area contributed by atoms with E-state index in [1.807, 2.05) is 44.2 Å². The van der Waals surface area contributed by atoms with Crippen LogP contribution in [-0.4, -0.2) is 5.78 Å². The summed E-state index contributed by atoms with van der Waals surface area (Å²) < 4.78 is 5.45. The second-order valence-electron chi connectivity index (χ2n) is 5.33. The van der Waals surface area contributed by atoms with Crippen molar-refractivity contribution in [3.8, 4) is 0 Å². The standard InChI is InChI=1S/C18H21NO2/c1-14(2)11-16(20)12-17(18-9-6-10-21-18)19-13-15-7-4-3-5-8-15/h3-11,17,19H,12-13H2,1-2H3. The van der Waals surface area contributed by atoms with Crippen molar-refractivity contribution in [1.82, 2.24) is 5.32 Å². The molecule has 110 valence electrons. The zero-order valence-corrected chi connectivity index (χ0v) is 12.5. The van der Waals surface area contributed by atoms with Gasteiger partial charge in [-0.2, -0.15) is 0 Å². The maximum Gasteiger partial charge on any atom is 0.157 e. The van der Waals surface area contributed by atoms with Crippen LogP contribution >= 0.6 is 0 Å². The van der Waals surface area contributed by atoms with Gasteiger partial charge in [0.15, 0.2) is 5.78 Å². The molecule has 3 heteroatoms. The molecular weight excluding hydrogens is 262 g/mol. The minimum absolute atomic E-state index is 0.108. The first-order chi connectivity index (χ1) is 10.1. The number of rotatable bonds is 7. The second-order valence-corrected chi connectivity index (χ2v) is 5.33. The fourth-order valence-corrected chi connectivity index (χ4v) is 2.18. The molecule has 1 N–H and O–H groups in total. The van der Waals surface area contributed by atoms with E-state index in [1.165, 1.54) is 5.56 Å². The van der Waals surface area contributed by atoms with Gasteiger partial charge in [0.25, 0.3) is 0 Å². The van der Waals surface area contributed by atoms with Gasteiger partial charge in [-0.05, 0) is 37.6 Å². The molecule has 0 spiro atoms. The highest BCUT2D eigenvalue weighted by Crippen LogP contribution is 2.19. The number of allylic oxidation sites excluding steroid dienone is 2. The molecule has 0 radical (unpaired) electrons. The molecule has 1 heterocycles. The number of carbonyl (C=O) groups excluding carboxylic acids is 1. The molecule has 0 saturated heterocycles. The lowest BCUT2D eigenvalue weighted by Gasteiger charge is -2.15. The predicted molar refractivity (Wildman–Crippen MR) is 83.8 cm³/mol. The highest BCUT2D eigenvalue weighted by molar-refractivity contribution is 5.90. The number of furan rings is 1. The molecule has 0 aliphatic heterocycles. The SMILES string of the molecule is CC(C)=CC(=O)CC(NCc1ccccc1)c1ccco1. The molecule has 3 nitrogen and oxygen atoms in total. The van der Waals surface area contributed by atoms with Crippen LogP contribution in [0.15, 0.2) is 64.8 Å². The van der Waals surface area contributed by atoms with Crippen LogP contribution in [0.5, 0.6) is 0 Å². The first kappa shape index (κ1) is 15.3. The van der Waals surface area contributed by atoms with Gasteiger partial charge in [0.2, 0.25) is 0 Å². The maximum absolute atomic E-state index is 12.0. The normalized spacial score (nSPS) is 11.9. The number of ketones is 1. The van der Waals surface area contributed by atoms with Crippen LogP contribution in [-0.2, 0) is 11.3 Å². The van der Waals surface area contributed by atoms with Crippen molar-refractivity contribution < 1.29 is 9.21 Å². The molecule has 0 fully saturated rings. The molecule has 1 atom stereocenters. The van der Waals surface area contributed by atoms with Crippen molar-refractivity contribution in [2.75, 3.05) is 0 Å². The van der Waals surface area contributed by atoms with Crippen LogP contribution in [0, 0.1) is 0 Å². The maximum atomic E-state index is 12.0. The largest absolute Gasteiger partial charge is 0.468 e. The van der Waals surface area contributed by atoms with E-state index in [9.17, 15) is 4.79 Å². The molecule has 1 aromatic heterocycles. The molecule has 0 amide bonds. The van der Waals surface area contributed by atoms with Crippen molar-refractivity contribution in [3.05, 3.63) is 71.7 Å². The average Bonchev–Trinajstić information content (AvgIpc) is 2.97. The van der Waals surface area contributed by atoms with Crippen LogP contribution in [0.3, 0.4) is 0 Å². The van der Waals surface area contributed by atoms with E-state index in [4.69, 9.17) is 4.42 Å². The van der Waals surface area contributed by atoms with Gasteiger partial charge in [0.1, 0.15) is 5.76 Å². The van der Waals surface area contributed by atoms with Crippen LogP contribution in [0.4, 0.5) is 0 Å². The Morgan fingerprint density at radius 2 is 1.95 bits per heavy atom. The molecule has 0 aliphatic carbocycles. The zero-order valence-electron chi connectivity index (χ0n) is 12.5. The topological polar surface area (TPSA) is 42.2 Å². The second kappa shape index (κ2) is 7.60. The minimum Gasteiger partial charge on any atom is -0.468 e. The molecule has 1 unspecified atom stereocenters. The van der Waals surface area contributed by atoms with E-state index in [2.05, 4.69) is 17.4 Å². The molecular formula is C18H21NO2. The Morgan fingerprint density at radius 1 is 1.19 bits per heavy atom. The Hall–Kier alpha value is -2.13. The molecule has 2 rings (SSSR count). The summed E-state index contributed by atoms with van der Waals surface area (Å²) in [7, 11) is 0. The van der Waals surface area contributed by atoms with Gasteiger partial charge in [0, 0.05) is 13.0 Å². The first-order valence-corrected chi connectivity index (χ1v) is 7.13. The number of nitrogens with one attached hydrogen (secondary N) is 1. The van der Waals surface area contributed by atoms with Crippen molar-refractivity contribution in [1.29, 1.82) is 0 Å². The highest BCUT2D eigenvalue weighted by Gasteiger charge is 2.17. The molecule has 21 heavy (non-hydrogen) atoms. The van der Waals surface area contributed by atoms with Crippen molar-refractivity contribution in [2.24, 2.45) is 0 Å². The summed E-state index contributed by atoms with van der Waals surface area (Å²) in [5.41, 5.74) is 2.20. The minimum atomic E-state index is -0.108. The molecule has 1 aromatic carbocycles. The average molecular weight is 283 g/mol. The third-order valence-electron chi connectivity index (χ3n) is 3.14. The molecule has 2 aromatic rings. The summed E-state index contributed by atoms with van der Waals surface area (Å²) in [6.45, 7) is 4.56. The lowest BCUT2D eigenvalue weighted by molar-refractivity contribution is -0.115. The van der Waals surface area contributed by atoms with Crippen LogP contribution in [0.2, 0.25) is 0 Å². The van der Waals surface area contributed by atoms with Crippen molar-refractivity contribution >= 4 is 5.78 Å². The van der Waals surface area contributed by atoms with Crippen LogP contribution in [0.25, 0.3) is 0 Å². The van der Waals surface area contributed by atoms with Gasteiger partial charge in [0.05, 0.1) is 12.3 Å². The van der Waals surface area contributed by atoms with E-state index in [0.29, 0.717) is 13.0 Å². The van der Waals surface area contributed by atoms with Crippen LogP contribution in [0.1, 0.15) is 37.6 Å². The van der Waals surface area contributed by atoms with E-state index in [0.717, 1.165) is 11.3 Å². The zero-order chi connectivity index (χ0) is 15.1. The molecule has 0 saturated carbocycles. The summed E-state index contributed by atoms with van der Waals surface area (Å²) >= 11 is 0. The van der Waals surface area contributed by atoms with Gasteiger partial charge >= 0.3 is 0 Å². The summed E-state index contributed by atoms with van der Waals surface area (Å²) in [6.07, 6.45) is 3.71. The van der Waals surface area contributed by atoms with Gasteiger partial charge in [-0.1, -0.05) is 35.9 Å². The van der Waals surface area contributed by atoms with E-state index >= 15 is 0 Å². The van der Waals surface area contributed by atoms with Gasteiger partial charge < -0.3 is 9.73 Å². The summed E-state index contributed by atoms with van der Waals surface area (Å²) in [4.78, 5) is 12.0. The van der Waals surface area contributed by atoms with Crippen molar-refractivity contribution in [2.45, 2.75) is 32.9 Å². The quantitative estimate of drug-likeness (QED) is 0.780. The van der Waals surface area contributed by atoms with Gasteiger partial charge in [-0.15, -0.1) is 0 Å². The Labute approximate surface area is 125 Å². The molecule has 0 aliphatic rings. The summed E-state index contributed by atoms with van der Waals surface area (Å²) in [6, 6.07) is 13.8. The predicted octanol–water partition coefficient (Wildman–Crippen LogP) is 4.04. The first-order valence-electron chi connectivity index (χ1n) is 7.13. The van der Waals surface area contributed by atoms with Crippen LogP contribution < -0.4 is 5.32 Å². The Bertz CT molecular complexity index is 581. The summed E-state index contributed by atoms with van der Waals surface area (Å²) in [5.74, 6) is 0.901. The number of benzene rings is 1. The Morgan fingerprint density at radius 3 is 2.57 bits per heavy atom. The fraction of sp³-hybridized carbons (Fsp3) is 0.278.